The van der Waals surface area contributed by atoms with Crippen molar-refractivity contribution in [1.29, 1.82) is 0 Å². The normalized spacial score (nSPS) is 11.8. The zero-order valence-electron chi connectivity index (χ0n) is 9.04. The van der Waals surface area contributed by atoms with Gasteiger partial charge in [0, 0.05) is 12.0 Å². The Balaban J connectivity index is 0. The van der Waals surface area contributed by atoms with Crippen LogP contribution in [0.25, 0.3) is 0 Å². The summed E-state index contributed by atoms with van der Waals surface area (Å²) in [6.45, 7) is 3.68. The van der Waals surface area contributed by atoms with E-state index in [1.54, 1.807) is 0 Å². The topological polar surface area (TPSA) is 142 Å². The molecule has 0 radical (unpaired) electrons. The lowest BCUT2D eigenvalue weighted by Crippen LogP contribution is -2.67. The molecule has 0 amide bonds. The van der Waals surface area contributed by atoms with Gasteiger partial charge in [-0.05, 0) is 6.08 Å². The van der Waals surface area contributed by atoms with Gasteiger partial charge in [-0.1, -0.05) is 13.8 Å². The van der Waals surface area contributed by atoms with Crippen molar-refractivity contribution in [2.75, 3.05) is 0 Å². The van der Waals surface area contributed by atoms with E-state index in [1.165, 1.54) is 0 Å². The fourth-order valence-corrected chi connectivity index (χ4v) is 0.424. The van der Waals surface area contributed by atoms with Crippen molar-refractivity contribution in [1.82, 2.24) is 0 Å². The second-order valence-corrected chi connectivity index (χ2v) is 3.18. The van der Waals surface area contributed by atoms with Gasteiger partial charge in [-0.15, -0.1) is 0 Å². The molecule has 1 atom stereocenters. The van der Waals surface area contributed by atoms with Crippen LogP contribution in [0.4, 0.5) is 0 Å². The Labute approximate surface area is 92.2 Å². The van der Waals surface area contributed by atoms with Gasteiger partial charge in [-0.25, -0.2) is 9.59 Å². The van der Waals surface area contributed by atoms with Crippen LogP contribution in [0, 0.1) is 5.92 Å². The molecular formula is C9H15NO6. The predicted molar refractivity (Wildman–Crippen MR) is 50.9 cm³/mol. The van der Waals surface area contributed by atoms with E-state index in [4.69, 9.17) is 10.2 Å². The summed E-state index contributed by atoms with van der Waals surface area (Å²) < 4.78 is 0. The summed E-state index contributed by atoms with van der Waals surface area (Å²) in [7, 11) is 0. The molecule has 16 heavy (non-hydrogen) atoms. The van der Waals surface area contributed by atoms with Crippen molar-refractivity contribution >= 4 is 17.9 Å². The third-order valence-electron chi connectivity index (χ3n) is 1.48. The van der Waals surface area contributed by atoms with Gasteiger partial charge in [-0.3, -0.25) is 0 Å². The number of aliphatic carboxylic acids is 3. The highest BCUT2D eigenvalue weighted by Crippen LogP contribution is 1.94. The highest BCUT2D eigenvalue weighted by atomic mass is 16.4. The minimum atomic E-state index is -1.51. The smallest absolute Gasteiger partial charge is 0.362 e. The molecule has 7 nitrogen and oxygen atoms in total. The Hall–Kier alpha value is -1.89. The van der Waals surface area contributed by atoms with Gasteiger partial charge in [0.05, 0.1) is 5.97 Å². The number of quaternary nitrogens is 1. The lowest BCUT2D eigenvalue weighted by molar-refractivity contribution is -0.417. The predicted octanol–water partition coefficient (Wildman–Crippen LogP) is -2.29. The number of rotatable bonds is 4. The van der Waals surface area contributed by atoms with E-state index in [0.29, 0.717) is 12.2 Å². The highest BCUT2D eigenvalue weighted by Gasteiger charge is 2.18. The largest absolute Gasteiger partial charge is 0.545 e. The van der Waals surface area contributed by atoms with Crippen molar-refractivity contribution in [2.24, 2.45) is 5.92 Å². The molecule has 0 saturated carbocycles. The SMILES string of the molecule is CC(C)[C@H]([NH3+])C(=O)O.O=C([O-])/C=C\C(=O)O. The first-order valence-electron chi connectivity index (χ1n) is 4.36. The molecule has 92 valence electrons. The quantitative estimate of drug-likeness (QED) is 0.466. The summed E-state index contributed by atoms with van der Waals surface area (Å²) in [5.74, 6) is -3.49. The third kappa shape index (κ3) is 12.1. The molecule has 5 N–H and O–H groups in total. The number of carbonyl (C=O) groups excluding carboxylic acids is 1. The molecule has 7 heteroatoms. The third-order valence-corrected chi connectivity index (χ3v) is 1.48. The van der Waals surface area contributed by atoms with Gasteiger partial charge >= 0.3 is 11.9 Å². The number of carboxylic acid groups (broad SMARTS) is 3. The fraction of sp³-hybridized carbons (Fsp3) is 0.444. The molecule has 0 aliphatic carbocycles. The van der Waals surface area contributed by atoms with E-state index in [0.717, 1.165) is 0 Å². The summed E-state index contributed by atoms with van der Waals surface area (Å²) in [5, 5.41) is 25.5. The molecule has 0 aliphatic heterocycles. The Morgan fingerprint density at radius 1 is 1.19 bits per heavy atom. The summed E-state index contributed by atoms with van der Waals surface area (Å²) in [6.07, 6.45) is 0.942. The van der Waals surface area contributed by atoms with Gasteiger partial charge in [-0.2, -0.15) is 0 Å². The van der Waals surface area contributed by atoms with Crippen LogP contribution in [0.5, 0.6) is 0 Å². The molecular weight excluding hydrogens is 218 g/mol. The minimum Gasteiger partial charge on any atom is -0.545 e. The van der Waals surface area contributed by atoms with E-state index in [1.807, 2.05) is 13.8 Å². The van der Waals surface area contributed by atoms with Crippen LogP contribution in [0.1, 0.15) is 13.8 Å². The molecule has 0 unspecified atom stereocenters. The van der Waals surface area contributed by atoms with Crippen LogP contribution >= 0.6 is 0 Å². The van der Waals surface area contributed by atoms with E-state index in [-0.39, 0.29) is 5.92 Å². The first kappa shape index (κ1) is 16.5. The van der Waals surface area contributed by atoms with Gasteiger partial charge < -0.3 is 25.8 Å². The molecule has 0 aromatic heterocycles. The average Bonchev–Trinajstić information content (AvgIpc) is 2.14. The standard InChI is InChI=1S/C5H11NO2.C4H4O4/c1-3(2)4(6)5(7)8;5-3(6)1-2-4(7)8/h3-4H,6H2,1-2H3,(H,7,8);1-2H,(H,5,6)(H,7,8)/b;2-1-/t4-;/m0./s1. The number of hydrogen-bond donors (Lipinski definition) is 3. The van der Waals surface area contributed by atoms with Gasteiger partial charge in [0.15, 0.2) is 6.04 Å². The molecule has 0 spiro atoms. The molecule has 0 fully saturated rings. The summed E-state index contributed by atoms with van der Waals surface area (Å²) in [5.41, 5.74) is 3.44. The number of carbonyl (C=O) groups is 3. The van der Waals surface area contributed by atoms with Crippen molar-refractivity contribution in [3.05, 3.63) is 12.2 Å². The van der Waals surface area contributed by atoms with E-state index in [2.05, 4.69) is 5.73 Å². The lowest BCUT2D eigenvalue weighted by Gasteiger charge is -2.04. The van der Waals surface area contributed by atoms with Crippen LogP contribution in [0.2, 0.25) is 0 Å². The maximum atomic E-state index is 10.1. The zero-order chi connectivity index (χ0) is 13.3. The Kier molecular flexibility index (Phi) is 8.70. The lowest BCUT2D eigenvalue weighted by atomic mass is 10.1. The number of hydrogen-bond acceptors (Lipinski definition) is 4. The first-order valence-corrected chi connectivity index (χ1v) is 4.36. The van der Waals surface area contributed by atoms with E-state index < -0.39 is 23.9 Å². The molecule has 0 rings (SSSR count). The number of carboxylic acids is 3. The fourth-order valence-electron chi connectivity index (χ4n) is 0.424. The van der Waals surface area contributed by atoms with Gasteiger partial charge in [0.25, 0.3) is 0 Å². The minimum absolute atomic E-state index is 0.132. The highest BCUT2D eigenvalue weighted by molar-refractivity contribution is 5.88. The second-order valence-electron chi connectivity index (χ2n) is 3.18. The van der Waals surface area contributed by atoms with Gasteiger partial charge in [0.2, 0.25) is 0 Å². The van der Waals surface area contributed by atoms with Crippen LogP contribution in [0.15, 0.2) is 12.2 Å². The Morgan fingerprint density at radius 2 is 1.62 bits per heavy atom. The monoisotopic (exact) mass is 233 g/mol. The molecule has 0 saturated heterocycles. The molecule has 0 aromatic carbocycles. The van der Waals surface area contributed by atoms with Crippen molar-refractivity contribution in [3.63, 3.8) is 0 Å². The molecule has 0 aromatic rings. The summed E-state index contributed by atoms with van der Waals surface area (Å²) in [4.78, 5) is 29.0. The molecule has 0 bridgehead atoms. The second kappa shape index (κ2) is 8.42. The van der Waals surface area contributed by atoms with E-state index in [9.17, 15) is 19.5 Å². The summed E-state index contributed by atoms with van der Waals surface area (Å²) >= 11 is 0. The average molecular weight is 233 g/mol. The van der Waals surface area contributed by atoms with Crippen LogP contribution in [0.3, 0.4) is 0 Å². The molecule has 0 aliphatic rings. The summed E-state index contributed by atoms with van der Waals surface area (Å²) in [6, 6.07) is -0.463. The van der Waals surface area contributed by atoms with Crippen molar-refractivity contribution in [2.45, 2.75) is 19.9 Å². The first-order chi connectivity index (χ1) is 7.18. The van der Waals surface area contributed by atoms with Crippen LogP contribution in [-0.4, -0.2) is 34.2 Å². The van der Waals surface area contributed by atoms with Crippen molar-refractivity contribution < 1.29 is 35.4 Å². The zero-order valence-corrected chi connectivity index (χ0v) is 9.04. The maximum absolute atomic E-state index is 10.1. The van der Waals surface area contributed by atoms with Crippen LogP contribution in [-0.2, 0) is 14.4 Å². The Morgan fingerprint density at radius 3 is 1.69 bits per heavy atom. The van der Waals surface area contributed by atoms with E-state index >= 15 is 0 Å². The van der Waals surface area contributed by atoms with Crippen LogP contribution < -0.4 is 10.8 Å². The molecule has 0 heterocycles. The van der Waals surface area contributed by atoms with Crippen molar-refractivity contribution in [3.8, 4) is 0 Å². The maximum Gasteiger partial charge on any atom is 0.362 e. The van der Waals surface area contributed by atoms with Gasteiger partial charge in [0.1, 0.15) is 0 Å². The Bertz CT molecular complexity index is 268.